The lowest BCUT2D eigenvalue weighted by Crippen LogP contribution is -2.38. The number of carbonyl (C=O) groups excluding carboxylic acids is 1. The SMILES string of the molecule is O=C(OC1CC1)N1CCC(c2cnn3cc(OS(=O)(=O)C(F)(F)F)cnc23)CC1. The summed E-state index contributed by atoms with van der Waals surface area (Å²) in [6.45, 7) is 1.02. The van der Waals surface area contributed by atoms with E-state index in [-0.39, 0.29) is 18.1 Å². The summed E-state index contributed by atoms with van der Waals surface area (Å²) < 4.78 is 70.1. The van der Waals surface area contributed by atoms with Gasteiger partial charge >= 0.3 is 21.7 Å². The quantitative estimate of drug-likeness (QED) is 0.538. The molecule has 9 nitrogen and oxygen atoms in total. The van der Waals surface area contributed by atoms with E-state index in [1.807, 2.05) is 0 Å². The maximum atomic E-state index is 12.4. The van der Waals surface area contributed by atoms with Crippen LogP contribution in [0.2, 0.25) is 0 Å². The highest BCUT2D eigenvalue weighted by molar-refractivity contribution is 7.88. The van der Waals surface area contributed by atoms with Gasteiger partial charge in [-0.1, -0.05) is 0 Å². The van der Waals surface area contributed by atoms with Crippen molar-refractivity contribution in [3.8, 4) is 5.75 Å². The van der Waals surface area contributed by atoms with E-state index in [0.717, 1.165) is 30.8 Å². The fourth-order valence-electron chi connectivity index (χ4n) is 3.16. The van der Waals surface area contributed by atoms with Crippen LogP contribution >= 0.6 is 0 Å². The van der Waals surface area contributed by atoms with Crippen LogP contribution in [-0.4, -0.2) is 58.7 Å². The zero-order chi connectivity index (χ0) is 20.8. The number of alkyl halides is 3. The van der Waals surface area contributed by atoms with Crippen molar-refractivity contribution < 1.29 is 35.3 Å². The van der Waals surface area contributed by atoms with Crippen LogP contribution in [0.5, 0.6) is 5.75 Å². The van der Waals surface area contributed by atoms with Gasteiger partial charge in [0.15, 0.2) is 11.4 Å². The number of likely N-dealkylation sites (tertiary alicyclic amines) is 1. The summed E-state index contributed by atoms with van der Waals surface area (Å²) in [7, 11) is -5.78. The fourth-order valence-corrected chi connectivity index (χ4v) is 3.59. The topological polar surface area (TPSA) is 103 Å². The van der Waals surface area contributed by atoms with E-state index >= 15 is 0 Å². The Kier molecular flexibility index (Phi) is 4.79. The molecule has 2 aliphatic rings. The Morgan fingerprint density at radius 3 is 2.45 bits per heavy atom. The van der Waals surface area contributed by atoms with Crippen molar-refractivity contribution >= 4 is 21.9 Å². The Labute approximate surface area is 163 Å². The summed E-state index contributed by atoms with van der Waals surface area (Å²) in [6.07, 6.45) is 6.33. The van der Waals surface area contributed by atoms with Gasteiger partial charge in [-0.3, -0.25) is 0 Å². The highest BCUT2D eigenvalue weighted by atomic mass is 32.2. The highest BCUT2D eigenvalue weighted by Gasteiger charge is 2.48. The smallest absolute Gasteiger partial charge is 0.446 e. The maximum Gasteiger partial charge on any atom is 0.534 e. The van der Waals surface area contributed by atoms with E-state index in [1.165, 1.54) is 10.7 Å². The van der Waals surface area contributed by atoms with E-state index in [1.54, 1.807) is 4.90 Å². The lowest BCUT2D eigenvalue weighted by molar-refractivity contribution is -0.0500. The van der Waals surface area contributed by atoms with Gasteiger partial charge in [0.05, 0.1) is 18.6 Å². The lowest BCUT2D eigenvalue weighted by Gasteiger charge is -2.30. The molecule has 0 atom stereocenters. The predicted octanol–water partition coefficient (Wildman–Crippen LogP) is 2.44. The zero-order valence-corrected chi connectivity index (χ0v) is 15.8. The molecule has 0 aromatic carbocycles. The van der Waals surface area contributed by atoms with Crippen LogP contribution in [0.25, 0.3) is 5.65 Å². The van der Waals surface area contributed by atoms with Crippen molar-refractivity contribution in [2.45, 2.75) is 43.2 Å². The van der Waals surface area contributed by atoms with E-state index in [4.69, 9.17) is 4.74 Å². The first kappa shape index (κ1) is 19.7. The van der Waals surface area contributed by atoms with Crippen molar-refractivity contribution in [3.63, 3.8) is 0 Å². The first-order valence-electron chi connectivity index (χ1n) is 8.93. The molecule has 0 spiro atoms. The largest absolute Gasteiger partial charge is 0.534 e. The standard InChI is InChI=1S/C16H17F3N4O5S/c17-16(18,19)29(25,26)28-12-7-20-14-13(8-21-23(14)9-12)10-3-5-22(6-4-10)15(24)27-11-1-2-11/h7-11H,1-6H2. The number of halogens is 3. The normalized spacial score (nSPS) is 18.8. The van der Waals surface area contributed by atoms with Crippen molar-refractivity contribution in [1.29, 1.82) is 0 Å². The lowest BCUT2D eigenvalue weighted by atomic mass is 9.91. The average molecular weight is 434 g/mol. The third-order valence-electron chi connectivity index (χ3n) is 4.83. The summed E-state index contributed by atoms with van der Waals surface area (Å²) in [6, 6.07) is 0. The Morgan fingerprint density at radius 1 is 1.14 bits per heavy atom. The second kappa shape index (κ2) is 7.04. The number of aromatic nitrogens is 3. The van der Waals surface area contributed by atoms with Crippen LogP contribution in [-0.2, 0) is 14.9 Å². The number of ether oxygens (including phenoxy) is 1. The third-order valence-corrected chi connectivity index (χ3v) is 5.81. The number of hydrogen-bond donors (Lipinski definition) is 0. The molecule has 2 aromatic rings. The minimum absolute atomic E-state index is 0.0432. The Hall–Kier alpha value is -2.57. The summed E-state index contributed by atoms with van der Waals surface area (Å²) in [4.78, 5) is 17.7. The van der Waals surface area contributed by atoms with Crippen molar-refractivity contribution in [2.75, 3.05) is 13.1 Å². The minimum Gasteiger partial charge on any atom is -0.446 e. The Bertz CT molecular complexity index is 1030. The summed E-state index contributed by atoms with van der Waals surface area (Å²) in [5, 5.41) is 4.04. The minimum atomic E-state index is -5.78. The summed E-state index contributed by atoms with van der Waals surface area (Å²) in [5.74, 6) is -0.544. The monoisotopic (exact) mass is 434 g/mol. The van der Waals surface area contributed by atoms with Gasteiger partial charge in [0.1, 0.15) is 6.10 Å². The van der Waals surface area contributed by atoms with E-state index < -0.39 is 21.4 Å². The first-order valence-corrected chi connectivity index (χ1v) is 10.3. The highest BCUT2D eigenvalue weighted by Crippen LogP contribution is 2.32. The predicted molar refractivity (Wildman–Crippen MR) is 91.6 cm³/mol. The molecular weight excluding hydrogens is 417 g/mol. The Morgan fingerprint density at radius 2 is 1.83 bits per heavy atom. The number of piperidine rings is 1. The van der Waals surface area contributed by atoms with Gasteiger partial charge in [-0.25, -0.2) is 14.3 Å². The van der Waals surface area contributed by atoms with Crippen molar-refractivity contribution in [1.82, 2.24) is 19.5 Å². The molecule has 29 heavy (non-hydrogen) atoms. The number of amides is 1. The first-order chi connectivity index (χ1) is 13.6. The number of rotatable bonds is 4. The molecule has 2 fully saturated rings. The van der Waals surface area contributed by atoms with Crippen molar-refractivity contribution in [2.24, 2.45) is 0 Å². The molecule has 4 rings (SSSR count). The molecule has 1 amide bonds. The molecule has 0 bridgehead atoms. The van der Waals surface area contributed by atoms with Gasteiger partial charge in [-0.15, -0.1) is 0 Å². The number of carbonyl (C=O) groups is 1. The van der Waals surface area contributed by atoms with Gasteiger partial charge in [0, 0.05) is 18.7 Å². The van der Waals surface area contributed by atoms with Gasteiger partial charge < -0.3 is 13.8 Å². The third kappa shape index (κ3) is 4.09. The van der Waals surface area contributed by atoms with Crippen molar-refractivity contribution in [3.05, 3.63) is 24.2 Å². The number of nitrogens with zero attached hydrogens (tertiary/aromatic N) is 4. The molecule has 1 saturated carbocycles. The number of fused-ring (bicyclic) bond motifs is 1. The van der Waals surface area contributed by atoms with Gasteiger partial charge in [0.25, 0.3) is 0 Å². The summed E-state index contributed by atoms with van der Waals surface area (Å²) in [5.41, 5.74) is -4.38. The molecule has 0 radical (unpaired) electrons. The molecule has 1 aliphatic carbocycles. The van der Waals surface area contributed by atoms with Crippen LogP contribution < -0.4 is 4.18 Å². The van der Waals surface area contributed by atoms with Crippen LogP contribution in [0.1, 0.15) is 37.2 Å². The molecule has 0 N–H and O–H groups in total. The van der Waals surface area contributed by atoms with E-state index in [2.05, 4.69) is 14.3 Å². The molecule has 158 valence electrons. The maximum absolute atomic E-state index is 12.4. The van der Waals surface area contributed by atoms with Gasteiger partial charge in [-0.05, 0) is 31.6 Å². The summed E-state index contributed by atoms with van der Waals surface area (Å²) >= 11 is 0. The molecule has 2 aromatic heterocycles. The average Bonchev–Trinajstić information content (AvgIpc) is 3.37. The van der Waals surface area contributed by atoms with E-state index in [9.17, 15) is 26.4 Å². The second-order valence-electron chi connectivity index (χ2n) is 6.99. The molecule has 0 unspecified atom stereocenters. The molecular formula is C16H17F3N4O5S. The van der Waals surface area contributed by atoms with Crippen LogP contribution in [0.15, 0.2) is 18.6 Å². The number of hydrogen-bond acceptors (Lipinski definition) is 7. The fraction of sp³-hybridized carbons (Fsp3) is 0.562. The van der Waals surface area contributed by atoms with Crippen LogP contribution in [0.4, 0.5) is 18.0 Å². The van der Waals surface area contributed by atoms with Gasteiger partial charge in [-0.2, -0.15) is 26.7 Å². The Balaban J connectivity index is 1.45. The second-order valence-corrected chi connectivity index (χ2v) is 8.52. The van der Waals surface area contributed by atoms with Gasteiger partial charge in [0.2, 0.25) is 0 Å². The molecule has 1 aliphatic heterocycles. The van der Waals surface area contributed by atoms with Crippen LogP contribution in [0.3, 0.4) is 0 Å². The molecule has 13 heteroatoms. The molecule has 3 heterocycles. The zero-order valence-electron chi connectivity index (χ0n) is 15.0. The molecule has 1 saturated heterocycles. The van der Waals surface area contributed by atoms with Crippen LogP contribution in [0, 0.1) is 0 Å². The van der Waals surface area contributed by atoms with E-state index in [0.29, 0.717) is 31.6 Å².